The van der Waals surface area contributed by atoms with Gasteiger partial charge in [0.05, 0.1) is 12.5 Å². The highest BCUT2D eigenvalue weighted by Gasteiger charge is 2.11. The third kappa shape index (κ3) is 4.73. The molecule has 0 aromatic heterocycles. The molecule has 0 radical (unpaired) electrons. The van der Waals surface area contributed by atoms with Gasteiger partial charge in [-0.1, -0.05) is 29.8 Å². The molecule has 2 aromatic carbocycles. The summed E-state index contributed by atoms with van der Waals surface area (Å²) in [6.45, 7) is 0.787. The second kappa shape index (κ2) is 8.21. The van der Waals surface area contributed by atoms with Crippen LogP contribution in [-0.4, -0.2) is 24.4 Å². The molecule has 0 atom stereocenters. The molecule has 0 bridgehead atoms. The molecule has 0 aliphatic rings. The van der Waals surface area contributed by atoms with E-state index in [9.17, 15) is 4.79 Å². The number of ether oxygens (including phenoxy) is 1. The largest absolute Gasteiger partial charge is 0.489 e. The molecule has 0 spiro atoms. The van der Waals surface area contributed by atoms with Crippen molar-refractivity contribution in [2.45, 2.75) is 13.0 Å². The molecule has 1 amide bonds. The summed E-state index contributed by atoms with van der Waals surface area (Å²) in [5.41, 5.74) is 1.47. The predicted molar refractivity (Wildman–Crippen MR) is 89.4 cm³/mol. The third-order valence-corrected chi connectivity index (χ3v) is 3.73. The van der Waals surface area contributed by atoms with Crippen LogP contribution in [0.5, 0.6) is 5.75 Å². The molecule has 4 nitrogen and oxygen atoms in total. The fourth-order valence-electron chi connectivity index (χ4n) is 2.01. The highest BCUT2D eigenvalue weighted by atomic mass is 35.5. The summed E-state index contributed by atoms with van der Waals surface area (Å²) in [5.74, 6) is 0.555. The minimum Gasteiger partial charge on any atom is -0.489 e. The van der Waals surface area contributed by atoms with E-state index in [1.54, 1.807) is 31.3 Å². The van der Waals surface area contributed by atoms with Gasteiger partial charge < -0.3 is 9.64 Å². The summed E-state index contributed by atoms with van der Waals surface area (Å²) in [6.07, 6.45) is 0.321. The zero-order chi connectivity index (χ0) is 16.7. The van der Waals surface area contributed by atoms with Gasteiger partial charge in [-0.25, -0.2) is 0 Å². The zero-order valence-corrected chi connectivity index (χ0v) is 13.6. The molecule has 0 aliphatic carbocycles. The van der Waals surface area contributed by atoms with Gasteiger partial charge in [0.15, 0.2) is 0 Å². The first-order valence-electron chi connectivity index (χ1n) is 7.20. The molecule has 0 aliphatic heterocycles. The Morgan fingerprint density at radius 2 is 1.91 bits per heavy atom. The molecule has 118 valence electrons. The number of carbonyl (C=O) groups is 1. The van der Waals surface area contributed by atoms with Crippen molar-refractivity contribution in [3.8, 4) is 11.8 Å². The Morgan fingerprint density at radius 3 is 2.57 bits per heavy atom. The van der Waals surface area contributed by atoms with Crippen LogP contribution in [0.25, 0.3) is 0 Å². The van der Waals surface area contributed by atoms with Gasteiger partial charge in [-0.15, -0.1) is 0 Å². The topological polar surface area (TPSA) is 53.3 Å². The predicted octanol–water partition coefficient (Wildman–Crippen LogP) is 3.90. The second-order valence-corrected chi connectivity index (χ2v) is 5.45. The van der Waals surface area contributed by atoms with Gasteiger partial charge in [0, 0.05) is 29.7 Å². The first-order valence-corrected chi connectivity index (χ1v) is 7.58. The molecule has 5 heteroatoms. The van der Waals surface area contributed by atoms with Gasteiger partial charge in [0.25, 0.3) is 5.91 Å². The van der Waals surface area contributed by atoms with Crippen LogP contribution in [-0.2, 0) is 6.61 Å². The summed E-state index contributed by atoms with van der Waals surface area (Å²) in [5, 5.41) is 9.23. The number of rotatable bonds is 6. The van der Waals surface area contributed by atoms with Crippen LogP contribution >= 0.6 is 11.6 Å². The van der Waals surface area contributed by atoms with Crippen molar-refractivity contribution in [3.05, 3.63) is 64.7 Å². The Hall–Kier alpha value is -2.51. The van der Waals surface area contributed by atoms with Crippen molar-refractivity contribution >= 4 is 17.5 Å². The maximum Gasteiger partial charge on any atom is 0.253 e. The van der Waals surface area contributed by atoms with E-state index in [2.05, 4.69) is 0 Å². The van der Waals surface area contributed by atoms with Gasteiger partial charge in [-0.05, 0) is 30.3 Å². The molecule has 0 heterocycles. The fraction of sp³-hybridized carbons (Fsp3) is 0.222. The van der Waals surface area contributed by atoms with Crippen molar-refractivity contribution in [3.63, 3.8) is 0 Å². The lowest BCUT2D eigenvalue weighted by atomic mass is 10.2. The lowest BCUT2D eigenvalue weighted by Gasteiger charge is -2.15. The van der Waals surface area contributed by atoms with Crippen molar-refractivity contribution in [2.24, 2.45) is 0 Å². The number of hydrogen-bond donors (Lipinski definition) is 0. The third-order valence-electron chi connectivity index (χ3n) is 3.36. The van der Waals surface area contributed by atoms with E-state index in [4.69, 9.17) is 21.6 Å². The van der Waals surface area contributed by atoms with Crippen LogP contribution in [0, 0.1) is 11.3 Å². The Bertz CT molecular complexity index is 708. The zero-order valence-electron chi connectivity index (χ0n) is 12.8. The first-order chi connectivity index (χ1) is 11.1. The molecule has 0 N–H and O–H groups in total. The summed E-state index contributed by atoms with van der Waals surface area (Å²) < 4.78 is 5.68. The minimum absolute atomic E-state index is 0.113. The van der Waals surface area contributed by atoms with Crippen LogP contribution in [0.3, 0.4) is 0 Å². The SMILES string of the molecule is CN(CCC#N)C(=O)c1ccc(OCc2ccccc2Cl)cc1. The summed E-state index contributed by atoms with van der Waals surface area (Å²) in [4.78, 5) is 13.7. The van der Waals surface area contributed by atoms with Crippen molar-refractivity contribution in [2.75, 3.05) is 13.6 Å². The summed E-state index contributed by atoms with van der Waals surface area (Å²) >= 11 is 6.08. The monoisotopic (exact) mass is 328 g/mol. The van der Waals surface area contributed by atoms with Gasteiger partial charge in [0.1, 0.15) is 12.4 Å². The normalized spacial score (nSPS) is 9.96. The Morgan fingerprint density at radius 1 is 1.22 bits per heavy atom. The number of benzene rings is 2. The van der Waals surface area contributed by atoms with Crippen molar-refractivity contribution < 1.29 is 9.53 Å². The van der Waals surface area contributed by atoms with E-state index >= 15 is 0 Å². The Kier molecular flexibility index (Phi) is 6.02. The minimum atomic E-state index is -0.113. The number of nitrogens with zero attached hydrogens (tertiary/aromatic N) is 2. The van der Waals surface area contributed by atoms with Crippen molar-refractivity contribution in [1.29, 1.82) is 5.26 Å². The van der Waals surface area contributed by atoms with E-state index < -0.39 is 0 Å². The molecule has 2 aromatic rings. The number of hydrogen-bond acceptors (Lipinski definition) is 3. The van der Waals surface area contributed by atoms with E-state index in [0.717, 1.165) is 5.56 Å². The average Bonchev–Trinajstić information content (AvgIpc) is 2.59. The van der Waals surface area contributed by atoms with Gasteiger partial charge in [-0.2, -0.15) is 5.26 Å². The number of carbonyl (C=O) groups excluding carboxylic acids is 1. The van der Waals surface area contributed by atoms with Gasteiger partial charge >= 0.3 is 0 Å². The van der Waals surface area contributed by atoms with E-state index in [-0.39, 0.29) is 5.91 Å². The number of amides is 1. The first kappa shape index (κ1) is 16.9. The maximum absolute atomic E-state index is 12.1. The molecular formula is C18H17ClN2O2. The molecule has 23 heavy (non-hydrogen) atoms. The van der Waals surface area contributed by atoms with Crippen LogP contribution in [0.2, 0.25) is 5.02 Å². The lowest BCUT2D eigenvalue weighted by Crippen LogP contribution is -2.27. The summed E-state index contributed by atoms with van der Waals surface area (Å²) in [6, 6.07) is 16.5. The fourth-order valence-corrected chi connectivity index (χ4v) is 2.20. The van der Waals surface area contributed by atoms with Crippen molar-refractivity contribution in [1.82, 2.24) is 4.90 Å². The molecular weight excluding hydrogens is 312 g/mol. The molecule has 0 saturated heterocycles. The molecule has 0 saturated carbocycles. The van der Waals surface area contributed by atoms with E-state index in [1.165, 1.54) is 4.90 Å². The van der Waals surface area contributed by atoms with E-state index in [0.29, 0.717) is 35.9 Å². The number of nitriles is 1. The number of halogens is 1. The maximum atomic E-state index is 12.1. The van der Waals surface area contributed by atoms with Crippen LogP contribution in [0.4, 0.5) is 0 Å². The molecule has 0 fully saturated rings. The van der Waals surface area contributed by atoms with Crippen LogP contribution in [0.1, 0.15) is 22.3 Å². The van der Waals surface area contributed by atoms with Crippen LogP contribution in [0.15, 0.2) is 48.5 Å². The quantitative estimate of drug-likeness (QED) is 0.808. The second-order valence-electron chi connectivity index (χ2n) is 5.04. The summed E-state index contributed by atoms with van der Waals surface area (Å²) in [7, 11) is 1.68. The van der Waals surface area contributed by atoms with E-state index in [1.807, 2.05) is 30.3 Å². The lowest BCUT2D eigenvalue weighted by molar-refractivity contribution is 0.0798. The molecule has 0 unspecified atom stereocenters. The standard InChI is InChI=1S/C18H17ClN2O2/c1-21(12-4-11-20)18(22)14-7-9-16(10-8-14)23-13-15-5-2-3-6-17(15)19/h2-3,5-10H,4,12-13H2,1H3. The van der Waals surface area contributed by atoms with Crippen LogP contribution < -0.4 is 4.74 Å². The molecule has 2 rings (SSSR count). The highest BCUT2D eigenvalue weighted by molar-refractivity contribution is 6.31. The Labute approximate surface area is 140 Å². The highest BCUT2D eigenvalue weighted by Crippen LogP contribution is 2.19. The van der Waals surface area contributed by atoms with Gasteiger partial charge in [0.2, 0.25) is 0 Å². The van der Waals surface area contributed by atoms with Gasteiger partial charge in [-0.3, -0.25) is 4.79 Å². The Balaban J connectivity index is 1.96. The smallest absolute Gasteiger partial charge is 0.253 e. The average molecular weight is 329 g/mol.